The van der Waals surface area contributed by atoms with Crippen LogP contribution in [-0.4, -0.2) is 26.6 Å². The van der Waals surface area contributed by atoms with Gasteiger partial charge >= 0.3 is 6.36 Å². The van der Waals surface area contributed by atoms with Gasteiger partial charge in [-0.05, 0) is 53.7 Å². The fourth-order valence-corrected chi connectivity index (χ4v) is 1.85. The zero-order valence-corrected chi connectivity index (χ0v) is 11.5. The topological polar surface area (TPSA) is 78.8 Å². The van der Waals surface area contributed by atoms with Crippen LogP contribution in [0.4, 0.5) is 18.9 Å². The van der Waals surface area contributed by atoms with Crippen LogP contribution >= 0.6 is 0 Å². The molecule has 0 aliphatic carbocycles. The van der Waals surface area contributed by atoms with Crippen LogP contribution in [0, 0.1) is 0 Å². The van der Waals surface area contributed by atoms with Gasteiger partial charge in [0.05, 0.1) is 5.69 Å². The molecule has 3 aromatic rings. The van der Waals surface area contributed by atoms with E-state index in [4.69, 9.17) is 5.73 Å². The number of rotatable bonds is 3. The maximum Gasteiger partial charge on any atom is 0.573 e. The van der Waals surface area contributed by atoms with Crippen molar-refractivity contribution in [3.05, 3.63) is 48.5 Å². The zero-order chi connectivity index (χ0) is 16.4. The van der Waals surface area contributed by atoms with Crippen molar-refractivity contribution in [3.8, 4) is 22.8 Å². The fraction of sp³-hybridized carbons (Fsp3) is 0.0714. The van der Waals surface area contributed by atoms with E-state index >= 15 is 0 Å². The number of tetrazole rings is 1. The van der Waals surface area contributed by atoms with Crippen molar-refractivity contribution in [3.63, 3.8) is 0 Å². The lowest BCUT2D eigenvalue weighted by Crippen LogP contribution is -2.17. The molecule has 0 saturated heterocycles. The van der Waals surface area contributed by atoms with E-state index in [0.717, 1.165) is 5.56 Å². The second kappa shape index (κ2) is 5.59. The lowest BCUT2D eigenvalue weighted by atomic mass is 10.2. The highest BCUT2D eigenvalue weighted by molar-refractivity contribution is 5.57. The Morgan fingerprint density at radius 3 is 2.22 bits per heavy atom. The van der Waals surface area contributed by atoms with Gasteiger partial charge in [-0.2, -0.15) is 0 Å². The number of nitrogens with two attached hydrogens (primary N) is 1. The monoisotopic (exact) mass is 321 g/mol. The van der Waals surface area contributed by atoms with Gasteiger partial charge in [0.1, 0.15) is 5.75 Å². The summed E-state index contributed by atoms with van der Waals surface area (Å²) in [5.74, 6) is 0.0562. The normalized spacial score (nSPS) is 11.4. The van der Waals surface area contributed by atoms with E-state index in [1.165, 1.54) is 29.1 Å². The minimum atomic E-state index is -4.73. The summed E-state index contributed by atoms with van der Waals surface area (Å²) in [5, 5.41) is 12.0. The summed E-state index contributed by atoms with van der Waals surface area (Å²) in [6.07, 6.45) is -4.73. The largest absolute Gasteiger partial charge is 0.573 e. The average Bonchev–Trinajstić information content (AvgIpc) is 2.97. The third-order valence-corrected chi connectivity index (χ3v) is 2.88. The molecule has 0 saturated carbocycles. The Kier molecular flexibility index (Phi) is 3.61. The van der Waals surface area contributed by atoms with Crippen LogP contribution in [0.3, 0.4) is 0 Å². The molecular formula is C14H10F3N5O. The van der Waals surface area contributed by atoms with Crippen LogP contribution in [-0.2, 0) is 0 Å². The molecule has 0 unspecified atom stereocenters. The molecule has 1 heterocycles. The molecule has 0 aliphatic heterocycles. The molecular weight excluding hydrogens is 311 g/mol. The summed E-state index contributed by atoms with van der Waals surface area (Å²) in [7, 11) is 0. The van der Waals surface area contributed by atoms with Crippen LogP contribution in [0.25, 0.3) is 17.1 Å². The number of halogens is 3. The third kappa shape index (κ3) is 3.57. The number of nitrogen functional groups attached to an aromatic ring is 1. The van der Waals surface area contributed by atoms with Crippen molar-refractivity contribution >= 4 is 5.69 Å². The van der Waals surface area contributed by atoms with E-state index in [-0.39, 0.29) is 5.75 Å². The number of hydrogen-bond acceptors (Lipinski definition) is 5. The Balaban J connectivity index is 1.81. The van der Waals surface area contributed by atoms with E-state index in [9.17, 15) is 13.2 Å². The van der Waals surface area contributed by atoms with E-state index in [2.05, 4.69) is 20.1 Å². The van der Waals surface area contributed by atoms with Crippen molar-refractivity contribution in [2.45, 2.75) is 6.36 Å². The molecule has 2 N–H and O–H groups in total. The minimum absolute atomic E-state index is 0.319. The fourth-order valence-electron chi connectivity index (χ4n) is 1.85. The molecule has 0 spiro atoms. The van der Waals surface area contributed by atoms with E-state index < -0.39 is 6.36 Å². The van der Waals surface area contributed by atoms with Crippen molar-refractivity contribution < 1.29 is 17.9 Å². The summed E-state index contributed by atoms with van der Waals surface area (Å²) in [5.41, 5.74) is 7.39. The smallest absolute Gasteiger partial charge is 0.406 e. The van der Waals surface area contributed by atoms with E-state index in [1.807, 2.05) is 0 Å². The first-order chi connectivity index (χ1) is 10.9. The Morgan fingerprint density at radius 1 is 0.957 bits per heavy atom. The minimum Gasteiger partial charge on any atom is -0.406 e. The van der Waals surface area contributed by atoms with Crippen LogP contribution in [0.5, 0.6) is 5.75 Å². The van der Waals surface area contributed by atoms with Gasteiger partial charge < -0.3 is 10.5 Å². The second-order valence-corrected chi connectivity index (χ2v) is 4.57. The SMILES string of the molecule is Nc1ccc(-c2nnn(-c3ccc(OC(F)(F)F)cc3)n2)cc1. The molecule has 1 aromatic heterocycles. The average molecular weight is 321 g/mol. The van der Waals surface area contributed by atoms with Gasteiger partial charge in [-0.1, -0.05) is 0 Å². The maximum absolute atomic E-state index is 12.1. The highest BCUT2D eigenvalue weighted by atomic mass is 19.4. The first-order valence-electron chi connectivity index (χ1n) is 6.43. The molecule has 23 heavy (non-hydrogen) atoms. The summed E-state index contributed by atoms with van der Waals surface area (Å²) >= 11 is 0. The Morgan fingerprint density at radius 2 is 1.61 bits per heavy atom. The molecule has 6 nitrogen and oxygen atoms in total. The lowest BCUT2D eigenvalue weighted by molar-refractivity contribution is -0.274. The summed E-state index contributed by atoms with van der Waals surface area (Å²) in [4.78, 5) is 1.21. The number of benzene rings is 2. The second-order valence-electron chi connectivity index (χ2n) is 4.57. The number of ether oxygens (including phenoxy) is 1. The number of nitrogens with zero attached hydrogens (tertiary/aromatic N) is 4. The molecule has 118 valence electrons. The van der Waals surface area contributed by atoms with Gasteiger partial charge in [-0.3, -0.25) is 0 Å². The predicted molar refractivity (Wildman–Crippen MR) is 75.7 cm³/mol. The standard InChI is InChI=1S/C14H10F3N5O/c15-14(16,17)23-12-7-5-11(6-8-12)22-20-13(19-21-22)9-1-3-10(18)4-2-9/h1-8H,18H2. The van der Waals surface area contributed by atoms with Crippen molar-refractivity contribution in [2.24, 2.45) is 0 Å². The predicted octanol–water partition coefficient (Wildman–Crippen LogP) is 2.81. The highest BCUT2D eigenvalue weighted by Gasteiger charge is 2.31. The molecule has 0 bridgehead atoms. The first kappa shape index (κ1) is 14.8. The quantitative estimate of drug-likeness (QED) is 0.751. The lowest BCUT2D eigenvalue weighted by Gasteiger charge is -2.08. The van der Waals surface area contributed by atoms with E-state index in [1.54, 1.807) is 24.3 Å². The zero-order valence-electron chi connectivity index (χ0n) is 11.5. The number of hydrogen-bond donors (Lipinski definition) is 1. The van der Waals surface area contributed by atoms with Gasteiger partial charge in [-0.25, -0.2) is 0 Å². The highest BCUT2D eigenvalue weighted by Crippen LogP contribution is 2.23. The molecule has 9 heteroatoms. The van der Waals surface area contributed by atoms with Gasteiger partial charge in [0, 0.05) is 11.3 Å². The van der Waals surface area contributed by atoms with Crippen molar-refractivity contribution in [1.29, 1.82) is 0 Å². The van der Waals surface area contributed by atoms with Crippen LogP contribution in [0.15, 0.2) is 48.5 Å². The number of anilines is 1. The molecule has 0 aliphatic rings. The summed E-state index contributed by atoms with van der Waals surface area (Å²) < 4.78 is 40.1. The first-order valence-corrected chi connectivity index (χ1v) is 6.43. The van der Waals surface area contributed by atoms with Gasteiger partial charge in [0.2, 0.25) is 5.82 Å². The maximum atomic E-state index is 12.1. The molecule has 3 rings (SSSR count). The van der Waals surface area contributed by atoms with Crippen molar-refractivity contribution in [2.75, 3.05) is 5.73 Å². The van der Waals surface area contributed by atoms with Crippen LogP contribution in [0.1, 0.15) is 0 Å². The Hall–Kier alpha value is -3.10. The molecule has 0 amide bonds. The van der Waals surface area contributed by atoms with Gasteiger partial charge in [0.15, 0.2) is 0 Å². The van der Waals surface area contributed by atoms with E-state index in [0.29, 0.717) is 17.2 Å². The third-order valence-electron chi connectivity index (χ3n) is 2.88. The molecule has 2 aromatic carbocycles. The molecule has 0 radical (unpaired) electrons. The van der Waals surface area contributed by atoms with Crippen LogP contribution in [0.2, 0.25) is 0 Å². The summed E-state index contributed by atoms with van der Waals surface area (Å²) in [6.45, 7) is 0. The molecule has 0 fully saturated rings. The summed E-state index contributed by atoms with van der Waals surface area (Å²) in [6, 6.07) is 12.1. The number of alkyl halides is 3. The van der Waals surface area contributed by atoms with Crippen molar-refractivity contribution in [1.82, 2.24) is 20.2 Å². The Bertz CT molecular complexity index is 797. The molecule has 0 atom stereocenters. The van der Waals surface area contributed by atoms with Crippen LogP contribution < -0.4 is 10.5 Å². The van der Waals surface area contributed by atoms with Gasteiger partial charge in [0.25, 0.3) is 0 Å². The number of aromatic nitrogens is 4. The van der Waals surface area contributed by atoms with Gasteiger partial charge in [-0.15, -0.1) is 28.2 Å². The Labute approximate surface area is 128 Å².